The molecule has 0 unspecified atom stereocenters. The van der Waals surface area contributed by atoms with Crippen molar-refractivity contribution in [1.29, 1.82) is 0 Å². The average molecular weight is 561 g/mol. The van der Waals surface area contributed by atoms with E-state index in [9.17, 15) is 19.1 Å². The van der Waals surface area contributed by atoms with Gasteiger partial charge in [0.15, 0.2) is 17.2 Å². The van der Waals surface area contributed by atoms with Crippen molar-refractivity contribution in [3.63, 3.8) is 0 Å². The molecular formula is C27H29FN10O3. The molecule has 0 bridgehead atoms. The van der Waals surface area contributed by atoms with Gasteiger partial charge in [0.2, 0.25) is 0 Å². The van der Waals surface area contributed by atoms with Gasteiger partial charge in [-0.2, -0.15) is 0 Å². The van der Waals surface area contributed by atoms with Gasteiger partial charge in [0.05, 0.1) is 42.2 Å². The number of fused-ring (bicyclic) bond motifs is 1. The highest BCUT2D eigenvalue weighted by Crippen LogP contribution is 2.31. The van der Waals surface area contributed by atoms with Crippen molar-refractivity contribution in [1.82, 2.24) is 34.4 Å². The highest BCUT2D eigenvalue weighted by atomic mass is 19.1. The van der Waals surface area contributed by atoms with Crippen LogP contribution >= 0.6 is 0 Å². The zero-order valence-electron chi connectivity index (χ0n) is 22.1. The molecule has 2 fully saturated rings. The number of carbonyl (C=O) groups is 2. The van der Waals surface area contributed by atoms with Crippen LogP contribution in [0.1, 0.15) is 54.7 Å². The number of hydrogen-bond acceptors (Lipinski definition) is 9. The lowest BCUT2D eigenvalue weighted by atomic mass is 9.90. The molecule has 14 heteroatoms. The largest absolute Gasteiger partial charge is 0.465 e. The minimum Gasteiger partial charge on any atom is -0.465 e. The molecule has 2 aliphatic carbocycles. The maximum atomic E-state index is 14.1. The number of halogens is 1. The third-order valence-corrected chi connectivity index (χ3v) is 7.34. The standard InChI is InChI=1S/C27H29FN10O3/c28-20-13-29-8-7-21(20)35-26(39)23-14-32-25-22(33-16-1-2-16)11-24(36-38(23)25)34-17-3-5-19(6-4-17)37(27(40)41)15-18-12-30-9-10-31-18/h7-14,16-17,19,33H,1-6,15H2,(H,34,36)(H,40,41)(H,29,35,39)/t17-,19-. The van der Waals surface area contributed by atoms with Gasteiger partial charge in [-0.1, -0.05) is 0 Å². The predicted molar refractivity (Wildman–Crippen MR) is 147 cm³/mol. The Morgan fingerprint density at radius 2 is 1.71 bits per heavy atom. The number of carbonyl (C=O) groups excluding carboxylic acids is 1. The molecule has 0 spiro atoms. The Morgan fingerprint density at radius 1 is 0.951 bits per heavy atom. The number of aromatic nitrogens is 6. The van der Waals surface area contributed by atoms with Gasteiger partial charge in [-0.05, 0) is 44.6 Å². The lowest BCUT2D eigenvalue weighted by Crippen LogP contribution is -2.43. The Balaban J connectivity index is 1.18. The number of pyridine rings is 1. The highest BCUT2D eigenvalue weighted by molar-refractivity contribution is 6.03. The Labute approximate surface area is 234 Å². The van der Waals surface area contributed by atoms with Crippen molar-refractivity contribution in [3.05, 3.63) is 66.5 Å². The quantitative estimate of drug-likeness (QED) is 0.237. The summed E-state index contributed by atoms with van der Waals surface area (Å²) in [5.74, 6) is -0.641. The minimum absolute atomic E-state index is 0.0111. The molecule has 4 aromatic heterocycles. The summed E-state index contributed by atoms with van der Waals surface area (Å²) in [6.45, 7) is 0.190. The molecule has 2 amide bonds. The molecule has 13 nitrogen and oxygen atoms in total. The summed E-state index contributed by atoms with van der Waals surface area (Å²) in [6.07, 6.45) is 12.5. The lowest BCUT2D eigenvalue weighted by molar-refractivity contribution is 0.101. The van der Waals surface area contributed by atoms with E-state index in [1.807, 2.05) is 6.07 Å². The van der Waals surface area contributed by atoms with Crippen LogP contribution < -0.4 is 16.0 Å². The summed E-state index contributed by atoms with van der Waals surface area (Å²) in [4.78, 5) is 42.9. The zero-order valence-corrected chi connectivity index (χ0v) is 22.1. The number of anilines is 3. The van der Waals surface area contributed by atoms with E-state index >= 15 is 0 Å². The van der Waals surface area contributed by atoms with Gasteiger partial charge in [0.25, 0.3) is 5.91 Å². The number of carboxylic acid groups (broad SMARTS) is 1. The second kappa shape index (κ2) is 11.3. The topological polar surface area (TPSA) is 163 Å². The maximum absolute atomic E-state index is 14.1. The summed E-state index contributed by atoms with van der Waals surface area (Å²) in [5.41, 5.74) is 2.01. The molecule has 4 aromatic rings. The van der Waals surface area contributed by atoms with Crippen molar-refractivity contribution in [2.45, 2.75) is 63.2 Å². The molecule has 4 N–H and O–H groups in total. The van der Waals surface area contributed by atoms with E-state index in [1.54, 1.807) is 18.6 Å². The fraction of sp³-hybridized carbons (Fsp3) is 0.370. The van der Waals surface area contributed by atoms with Crippen LogP contribution in [0.3, 0.4) is 0 Å². The van der Waals surface area contributed by atoms with Crippen LogP contribution in [0.5, 0.6) is 0 Å². The van der Waals surface area contributed by atoms with Gasteiger partial charge in [-0.25, -0.2) is 18.7 Å². The number of amides is 2. The van der Waals surface area contributed by atoms with Crippen molar-refractivity contribution in [3.8, 4) is 0 Å². The second-order valence-electron chi connectivity index (χ2n) is 10.3. The van der Waals surface area contributed by atoms with Crippen molar-refractivity contribution in [2.24, 2.45) is 0 Å². The predicted octanol–water partition coefficient (Wildman–Crippen LogP) is 3.78. The molecule has 0 aromatic carbocycles. The van der Waals surface area contributed by atoms with E-state index in [1.165, 1.54) is 27.9 Å². The molecule has 0 saturated heterocycles. The number of imidazole rings is 1. The van der Waals surface area contributed by atoms with E-state index < -0.39 is 17.8 Å². The molecule has 0 atom stereocenters. The normalized spacial score (nSPS) is 18.6. The lowest BCUT2D eigenvalue weighted by Gasteiger charge is -2.35. The van der Waals surface area contributed by atoms with Gasteiger partial charge < -0.3 is 21.1 Å². The molecular weight excluding hydrogens is 531 g/mol. The minimum atomic E-state index is -0.979. The fourth-order valence-corrected chi connectivity index (χ4v) is 5.09. The first-order chi connectivity index (χ1) is 19.9. The molecule has 6 rings (SSSR count). The average Bonchev–Trinajstić information content (AvgIpc) is 3.69. The van der Waals surface area contributed by atoms with Gasteiger partial charge in [-0.15, -0.1) is 5.10 Å². The first-order valence-electron chi connectivity index (χ1n) is 13.5. The molecule has 41 heavy (non-hydrogen) atoms. The first-order valence-corrected chi connectivity index (χ1v) is 13.5. The van der Waals surface area contributed by atoms with Crippen LogP contribution in [0.15, 0.2) is 49.3 Å². The second-order valence-corrected chi connectivity index (χ2v) is 10.3. The summed E-state index contributed by atoms with van der Waals surface area (Å²) >= 11 is 0. The molecule has 2 aliphatic rings. The molecule has 212 valence electrons. The first kappa shape index (κ1) is 26.3. The molecule has 4 heterocycles. The SMILES string of the molecule is O=C(Nc1ccncc1F)c1cnc2c(NC3CC3)cc(N[C@H]3CC[C@H](N(Cc4cnccn4)C(=O)O)CC3)nn12. The van der Waals surface area contributed by atoms with E-state index in [4.69, 9.17) is 0 Å². The van der Waals surface area contributed by atoms with Crippen LogP contribution in [-0.4, -0.2) is 69.7 Å². The number of hydrogen-bond donors (Lipinski definition) is 4. The Morgan fingerprint density at radius 3 is 2.41 bits per heavy atom. The number of nitrogens with one attached hydrogen (secondary N) is 3. The number of nitrogens with zero attached hydrogens (tertiary/aromatic N) is 7. The van der Waals surface area contributed by atoms with Crippen LogP contribution in [0.2, 0.25) is 0 Å². The summed E-state index contributed by atoms with van der Waals surface area (Å²) in [6, 6.07) is 3.53. The van der Waals surface area contributed by atoms with Crippen LogP contribution in [0, 0.1) is 5.82 Å². The van der Waals surface area contributed by atoms with E-state index in [0.717, 1.165) is 37.6 Å². The van der Waals surface area contributed by atoms with Crippen LogP contribution in [-0.2, 0) is 6.54 Å². The Hall–Kier alpha value is -4.88. The smallest absolute Gasteiger partial charge is 0.407 e. The van der Waals surface area contributed by atoms with Crippen molar-refractivity contribution >= 4 is 34.8 Å². The highest BCUT2D eigenvalue weighted by Gasteiger charge is 2.30. The maximum Gasteiger partial charge on any atom is 0.407 e. The van der Waals surface area contributed by atoms with E-state index in [-0.39, 0.29) is 30.0 Å². The van der Waals surface area contributed by atoms with Gasteiger partial charge >= 0.3 is 6.09 Å². The van der Waals surface area contributed by atoms with Crippen molar-refractivity contribution in [2.75, 3.05) is 16.0 Å². The Bertz CT molecular complexity index is 1550. The summed E-state index contributed by atoms with van der Waals surface area (Å²) < 4.78 is 15.6. The third kappa shape index (κ3) is 6.00. The third-order valence-electron chi connectivity index (χ3n) is 7.34. The monoisotopic (exact) mass is 560 g/mol. The summed E-state index contributed by atoms with van der Waals surface area (Å²) in [7, 11) is 0. The molecule has 0 aliphatic heterocycles. The molecule has 0 radical (unpaired) electrons. The van der Waals surface area contributed by atoms with Crippen molar-refractivity contribution < 1.29 is 19.1 Å². The Kier molecular flexibility index (Phi) is 7.27. The van der Waals surface area contributed by atoms with Gasteiger partial charge in [-0.3, -0.25) is 24.6 Å². The van der Waals surface area contributed by atoms with Crippen LogP contribution in [0.25, 0.3) is 5.65 Å². The number of rotatable bonds is 9. The molecule has 2 saturated carbocycles. The zero-order chi connectivity index (χ0) is 28.3. The fourth-order valence-electron chi connectivity index (χ4n) is 5.09. The van der Waals surface area contributed by atoms with Gasteiger partial charge in [0, 0.05) is 42.8 Å². The van der Waals surface area contributed by atoms with E-state index in [2.05, 4.69) is 41.0 Å². The summed E-state index contributed by atoms with van der Waals surface area (Å²) in [5, 5.41) is 24.0. The van der Waals surface area contributed by atoms with Crippen LogP contribution in [0.4, 0.5) is 26.4 Å². The van der Waals surface area contributed by atoms with E-state index in [0.29, 0.717) is 36.0 Å². The van der Waals surface area contributed by atoms with Gasteiger partial charge in [0.1, 0.15) is 5.82 Å².